The third-order valence-electron chi connectivity index (χ3n) is 4.07. The van der Waals surface area contributed by atoms with E-state index in [0.717, 1.165) is 12.5 Å². The molecule has 0 aromatic heterocycles. The highest BCUT2D eigenvalue weighted by Crippen LogP contribution is 2.31. The zero-order valence-electron chi connectivity index (χ0n) is 12.6. The summed E-state index contributed by atoms with van der Waals surface area (Å²) in [5.74, 6) is 1.01. The van der Waals surface area contributed by atoms with Crippen molar-refractivity contribution in [3.63, 3.8) is 0 Å². The summed E-state index contributed by atoms with van der Waals surface area (Å²) in [5.41, 5.74) is 0.361. The predicted octanol–water partition coefficient (Wildman–Crippen LogP) is 3.13. The minimum atomic E-state index is 0.361. The van der Waals surface area contributed by atoms with Crippen molar-refractivity contribution in [1.29, 1.82) is 0 Å². The van der Waals surface area contributed by atoms with E-state index in [-0.39, 0.29) is 0 Å². The molecule has 2 nitrogen and oxygen atoms in total. The molecule has 102 valence electrons. The van der Waals surface area contributed by atoms with Gasteiger partial charge in [0.1, 0.15) is 0 Å². The average Bonchev–Trinajstić information content (AvgIpc) is 3.01. The van der Waals surface area contributed by atoms with Crippen LogP contribution in [0, 0.1) is 11.3 Å². The molecule has 1 unspecified atom stereocenters. The van der Waals surface area contributed by atoms with E-state index in [1.807, 2.05) is 0 Å². The first-order valence-corrected chi connectivity index (χ1v) is 7.45. The molecule has 0 spiro atoms. The van der Waals surface area contributed by atoms with E-state index in [0.29, 0.717) is 11.5 Å². The SMILES string of the molecule is CCCN(CC1CC1)CC(C)(C)C(C)NCC. The fourth-order valence-electron chi connectivity index (χ4n) is 2.51. The van der Waals surface area contributed by atoms with Gasteiger partial charge in [-0.1, -0.05) is 27.7 Å². The van der Waals surface area contributed by atoms with Gasteiger partial charge in [-0.15, -0.1) is 0 Å². The molecule has 0 radical (unpaired) electrons. The van der Waals surface area contributed by atoms with Gasteiger partial charge in [0.15, 0.2) is 0 Å². The van der Waals surface area contributed by atoms with Crippen molar-refractivity contribution >= 4 is 0 Å². The predicted molar refractivity (Wildman–Crippen MR) is 76.4 cm³/mol. The molecule has 0 aromatic carbocycles. The van der Waals surface area contributed by atoms with Crippen LogP contribution in [0.3, 0.4) is 0 Å². The van der Waals surface area contributed by atoms with Crippen molar-refractivity contribution in [2.24, 2.45) is 11.3 Å². The fraction of sp³-hybridized carbons (Fsp3) is 1.00. The Labute approximate surface area is 108 Å². The molecule has 1 atom stereocenters. The van der Waals surface area contributed by atoms with Gasteiger partial charge in [0.25, 0.3) is 0 Å². The molecule has 0 heterocycles. The molecule has 0 saturated heterocycles. The summed E-state index contributed by atoms with van der Waals surface area (Å²) in [6.07, 6.45) is 4.20. The van der Waals surface area contributed by atoms with Crippen LogP contribution in [0.25, 0.3) is 0 Å². The van der Waals surface area contributed by atoms with Crippen molar-refractivity contribution in [1.82, 2.24) is 10.2 Å². The monoisotopic (exact) mass is 240 g/mol. The molecule has 1 aliphatic rings. The van der Waals surface area contributed by atoms with Crippen molar-refractivity contribution in [2.45, 2.75) is 59.9 Å². The topological polar surface area (TPSA) is 15.3 Å². The van der Waals surface area contributed by atoms with Crippen molar-refractivity contribution in [2.75, 3.05) is 26.2 Å². The highest BCUT2D eigenvalue weighted by Gasteiger charge is 2.30. The Balaban J connectivity index is 2.44. The fourth-order valence-corrected chi connectivity index (χ4v) is 2.51. The maximum absolute atomic E-state index is 3.58. The highest BCUT2D eigenvalue weighted by atomic mass is 15.1. The summed E-state index contributed by atoms with van der Waals surface area (Å²) in [4.78, 5) is 2.69. The molecule has 0 bridgehead atoms. The summed E-state index contributed by atoms with van der Waals surface area (Å²) < 4.78 is 0. The van der Waals surface area contributed by atoms with Gasteiger partial charge in [-0.3, -0.25) is 0 Å². The first-order valence-electron chi connectivity index (χ1n) is 7.45. The number of hydrogen-bond acceptors (Lipinski definition) is 2. The minimum Gasteiger partial charge on any atom is -0.314 e. The van der Waals surface area contributed by atoms with Crippen molar-refractivity contribution in [3.8, 4) is 0 Å². The lowest BCUT2D eigenvalue weighted by atomic mass is 9.84. The largest absolute Gasteiger partial charge is 0.314 e. The third-order valence-corrected chi connectivity index (χ3v) is 4.07. The highest BCUT2D eigenvalue weighted by molar-refractivity contribution is 4.86. The molecule has 1 saturated carbocycles. The Kier molecular flexibility index (Phi) is 5.94. The van der Waals surface area contributed by atoms with Gasteiger partial charge in [0.05, 0.1) is 0 Å². The van der Waals surface area contributed by atoms with Crippen molar-refractivity contribution < 1.29 is 0 Å². The summed E-state index contributed by atoms with van der Waals surface area (Å²) in [7, 11) is 0. The first kappa shape index (κ1) is 15.0. The van der Waals surface area contributed by atoms with E-state index in [2.05, 4.69) is 44.8 Å². The van der Waals surface area contributed by atoms with E-state index in [1.54, 1.807) is 0 Å². The molecular formula is C15H32N2. The number of nitrogens with one attached hydrogen (secondary N) is 1. The Bertz CT molecular complexity index is 209. The molecule has 0 amide bonds. The van der Waals surface area contributed by atoms with Crippen LogP contribution in [0.1, 0.15) is 53.9 Å². The van der Waals surface area contributed by atoms with Gasteiger partial charge in [-0.25, -0.2) is 0 Å². The second kappa shape index (κ2) is 6.75. The maximum Gasteiger partial charge on any atom is 0.0102 e. The maximum atomic E-state index is 3.58. The van der Waals surface area contributed by atoms with E-state index < -0.39 is 0 Å². The van der Waals surface area contributed by atoms with Crippen LogP contribution >= 0.6 is 0 Å². The van der Waals surface area contributed by atoms with Gasteiger partial charge in [-0.2, -0.15) is 0 Å². The van der Waals surface area contributed by atoms with Gasteiger partial charge in [-0.05, 0) is 50.6 Å². The average molecular weight is 240 g/mol. The minimum absolute atomic E-state index is 0.361. The van der Waals surface area contributed by atoms with Gasteiger partial charge >= 0.3 is 0 Å². The second-order valence-electron chi connectivity index (χ2n) is 6.45. The Morgan fingerprint density at radius 2 is 1.94 bits per heavy atom. The van der Waals surface area contributed by atoms with Crippen LogP contribution in [0.15, 0.2) is 0 Å². The Hall–Kier alpha value is -0.0800. The lowest BCUT2D eigenvalue weighted by Crippen LogP contribution is -2.47. The number of nitrogens with zero attached hydrogens (tertiary/aromatic N) is 1. The van der Waals surface area contributed by atoms with E-state index in [4.69, 9.17) is 0 Å². The van der Waals surface area contributed by atoms with Crippen LogP contribution in [0.2, 0.25) is 0 Å². The van der Waals surface area contributed by atoms with Gasteiger partial charge in [0.2, 0.25) is 0 Å². The molecule has 1 rings (SSSR count). The quantitative estimate of drug-likeness (QED) is 0.666. The smallest absolute Gasteiger partial charge is 0.0102 e. The summed E-state index contributed by atoms with van der Waals surface area (Å²) in [6, 6.07) is 0.589. The molecular weight excluding hydrogens is 208 g/mol. The lowest BCUT2D eigenvalue weighted by Gasteiger charge is -2.37. The molecule has 1 fully saturated rings. The van der Waals surface area contributed by atoms with Crippen LogP contribution < -0.4 is 5.32 Å². The Morgan fingerprint density at radius 3 is 2.41 bits per heavy atom. The van der Waals surface area contributed by atoms with Crippen LogP contribution in [0.4, 0.5) is 0 Å². The standard InChI is InChI=1S/C15H32N2/c1-6-10-17(11-14-8-9-14)12-15(4,5)13(3)16-7-2/h13-14,16H,6-12H2,1-5H3. The van der Waals surface area contributed by atoms with Crippen LogP contribution in [-0.4, -0.2) is 37.1 Å². The van der Waals surface area contributed by atoms with Crippen LogP contribution in [-0.2, 0) is 0 Å². The van der Waals surface area contributed by atoms with Crippen LogP contribution in [0.5, 0.6) is 0 Å². The molecule has 1 N–H and O–H groups in total. The Morgan fingerprint density at radius 1 is 1.29 bits per heavy atom. The second-order valence-corrected chi connectivity index (χ2v) is 6.45. The molecule has 0 aliphatic heterocycles. The summed E-state index contributed by atoms with van der Waals surface area (Å²) >= 11 is 0. The summed E-state index contributed by atoms with van der Waals surface area (Å²) in [5, 5.41) is 3.58. The van der Waals surface area contributed by atoms with E-state index in [1.165, 1.54) is 38.9 Å². The van der Waals surface area contributed by atoms with E-state index in [9.17, 15) is 0 Å². The normalized spacial score (nSPS) is 18.7. The molecule has 17 heavy (non-hydrogen) atoms. The summed E-state index contributed by atoms with van der Waals surface area (Å²) in [6.45, 7) is 16.5. The third kappa shape index (κ3) is 5.39. The molecule has 0 aromatic rings. The van der Waals surface area contributed by atoms with E-state index >= 15 is 0 Å². The number of rotatable bonds is 9. The lowest BCUT2D eigenvalue weighted by molar-refractivity contribution is 0.139. The van der Waals surface area contributed by atoms with Gasteiger partial charge < -0.3 is 10.2 Å². The number of hydrogen-bond donors (Lipinski definition) is 1. The zero-order valence-corrected chi connectivity index (χ0v) is 12.6. The first-order chi connectivity index (χ1) is 7.99. The molecule has 1 aliphatic carbocycles. The van der Waals surface area contributed by atoms with Gasteiger partial charge in [0, 0.05) is 19.1 Å². The van der Waals surface area contributed by atoms with Crippen molar-refractivity contribution in [3.05, 3.63) is 0 Å². The molecule has 2 heteroatoms. The zero-order chi connectivity index (χ0) is 12.9.